The molecular weight excluding hydrogens is 195 g/mol. The number of hydrogen-bond acceptors (Lipinski definition) is 2. The number of hydrogen-bond donors (Lipinski definition) is 1. The average molecular weight is 212 g/mol. The lowest BCUT2D eigenvalue weighted by molar-refractivity contribution is 0.195. The van der Waals surface area contributed by atoms with Gasteiger partial charge >= 0.3 is 0 Å². The molecule has 0 atom stereocenters. The van der Waals surface area contributed by atoms with Gasteiger partial charge in [0.25, 0.3) is 0 Å². The average Bonchev–Trinajstić information content (AvgIpc) is 2.25. The molecule has 1 rings (SSSR count). The predicted molar refractivity (Wildman–Crippen MR) is 57.6 cm³/mol. The van der Waals surface area contributed by atoms with Crippen molar-refractivity contribution in [1.29, 1.82) is 0 Å². The van der Waals surface area contributed by atoms with E-state index in [0.717, 1.165) is 24.8 Å². The number of unbranched alkanes of at least 4 members (excludes halogenated alkanes) is 1. The van der Waals surface area contributed by atoms with Gasteiger partial charge in [-0.15, -0.1) is 0 Å². The first kappa shape index (κ1) is 12.0. The van der Waals surface area contributed by atoms with E-state index in [1.165, 1.54) is 6.07 Å². The Balaban J connectivity index is 2.77. The number of halogens is 1. The Bertz CT molecular complexity index is 300. The fraction of sp³-hybridized carbons (Fsp3) is 0.500. The fourth-order valence-corrected chi connectivity index (χ4v) is 1.43. The summed E-state index contributed by atoms with van der Waals surface area (Å²) in [5, 5.41) is 8.64. The van der Waals surface area contributed by atoms with Gasteiger partial charge < -0.3 is 9.84 Å². The summed E-state index contributed by atoms with van der Waals surface area (Å²) in [6, 6.07) is 4.93. The zero-order valence-electron chi connectivity index (χ0n) is 9.00. The van der Waals surface area contributed by atoms with Crippen LogP contribution in [-0.4, -0.2) is 18.3 Å². The van der Waals surface area contributed by atoms with Crippen molar-refractivity contribution in [3.63, 3.8) is 0 Å². The third-order valence-electron chi connectivity index (χ3n) is 2.19. The number of ether oxygens (including phenoxy) is 1. The van der Waals surface area contributed by atoms with Crippen molar-refractivity contribution in [3.05, 3.63) is 29.6 Å². The standard InChI is InChI=1S/C12H17FO2/c1-2-3-5-10-6-4-7-11(13)12(10)15-9-8-14/h4,6-7,14H,2-3,5,8-9H2,1H3. The molecule has 0 saturated heterocycles. The van der Waals surface area contributed by atoms with Gasteiger partial charge in [0, 0.05) is 0 Å². The Kier molecular flexibility index (Phi) is 5.12. The highest BCUT2D eigenvalue weighted by atomic mass is 19.1. The van der Waals surface area contributed by atoms with Gasteiger partial charge in [-0.05, 0) is 24.5 Å². The normalized spacial score (nSPS) is 10.3. The molecule has 0 aliphatic heterocycles. The van der Waals surface area contributed by atoms with Gasteiger partial charge in [-0.1, -0.05) is 25.5 Å². The Morgan fingerprint density at radius 1 is 1.40 bits per heavy atom. The zero-order chi connectivity index (χ0) is 11.1. The topological polar surface area (TPSA) is 29.5 Å². The number of aryl methyl sites for hydroxylation is 1. The Labute approximate surface area is 89.7 Å². The highest BCUT2D eigenvalue weighted by molar-refractivity contribution is 5.35. The van der Waals surface area contributed by atoms with Crippen LogP contribution in [0.4, 0.5) is 4.39 Å². The molecule has 84 valence electrons. The van der Waals surface area contributed by atoms with E-state index >= 15 is 0 Å². The second kappa shape index (κ2) is 6.40. The molecule has 2 nitrogen and oxygen atoms in total. The van der Waals surface area contributed by atoms with E-state index < -0.39 is 0 Å². The summed E-state index contributed by atoms with van der Waals surface area (Å²) in [5.41, 5.74) is 0.880. The number of rotatable bonds is 6. The zero-order valence-corrected chi connectivity index (χ0v) is 9.00. The van der Waals surface area contributed by atoms with Crippen molar-refractivity contribution in [3.8, 4) is 5.75 Å². The molecule has 0 bridgehead atoms. The second-order valence-corrected chi connectivity index (χ2v) is 3.40. The SMILES string of the molecule is CCCCc1cccc(F)c1OCCO. The highest BCUT2D eigenvalue weighted by Gasteiger charge is 2.08. The van der Waals surface area contributed by atoms with Gasteiger partial charge in [0.05, 0.1) is 6.61 Å². The minimum Gasteiger partial charge on any atom is -0.488 e. The number of aliphatic hydroxyl groups excluding tert-OH is 1. The molecule has 1 aromatic rings. The van der Waals surface area contributed by atoms with Crippen molar-refractivity contribution in [1.82, 2.24) is 0 Å². The molecule has 0 unspecified atom stereocenters. The van der Waals surface area contributed by atoms with Crippen molar-refractivity contribution in [2.24, 2.45) is 0 Å². The Morgan fingerprint density at radius 3 is 2.87 bits per heavy atom. The van der Waals surface area contributed by atoms with Crippen LogP contribution in [0.3, 0.4) is 0 Å². The van der Waals surface area contributed by atoms with E-state index in [4.69, 9.17) is 9.84 Å². The first-order valence-corrected chi connectivity index (χ1v) is 5.30. The summed E-state index contributed by atoms with van der Waals surface area (Å²) in [6.07, 6.45) is 2.89. The summed E-state index contributed by atoms with van der Waals surface area (Å²) in [6.45, 7) is 2.13. The van der Waals surface area contributed by atoms with Crippen LogP contribution in [0.5, 0.6) is 5.75 Å². The first-order valence-electron chi connectivity index (χ1n) is 5.30. The lowest BCUT2D eigenvalue weighted by Crippen LogP contribution is -2.05. The van der Waals surface area contributed by atoms with Crippen molar-refractivity contribution in [2.45, 2.75) is 26.2 Å². The monoisotopic (exact) mass is 212 g/mol. The Morgan fingerprint density at radius 2 is 2.20 bits per heavy atom. The van der Waals surface area contributed by atoms with Gasteiger partial charge in [0.1, 0.15) is 6.61 Å². The third-order valence-corrected chi connectivity index (χ3v) is 2.19. The van der Waals surface area contributed by atoms with E-state index in [1.807, 2.05) is 6.07 Å². The third kappa shape index (κ3) is 3.51. The maximum absolute atomic E-state index is 13.4. The number of para-hydroxylation sites is 1. The summed E-state index contributed by atoms with van der Waals surface area (Å²) < 4.78 is 18.6. The van der Waals surface area contributed by atoms with E-state index in [0.29, 0.717) is 5.75 Å². The molecule has 0 aromatic heterocycles. The summed E-state index contributed by atoms with van der Waals surface area (Å²) >= 11 is 0. The molecular formula is C12H17FO2. The molecule has 0 saturated carbocycles. The number of aliphatic hydroxyl groups is 1. The molecule has 3 heteroatoms. The lowest BCUT2D eigenvalue weighted by atomic mass is 10.1. The molecule has 0 spiro atoms. The highest BCUT2D eigenvalue weighted by Crippen LogP contribution is 2.24. The van der Waals surface area contributed by atoms with Gasteiger partial charge in [-0.2, -0.15) is 0 Å². The van der Waals surface area contributed by atoms with Crippen LogP contribution in [-0.2, 0) is 6.42 Å². The van der Waals surface area contributed by atoms with Crippen LogP contribution in [0, 0.1) is 5.82 Å². The molecule has 0 amide bonds. The molecule has 15 heavy (non-hydrogen) atoms. The molecule has 1 N–H and O–H groups in total. The Hall–Kier alpha value is -1.09. The van der Waals surface area contributed by atoms with Crippen molar-refractivity contribution in [2.75, 3.05) is 13.2 Å². The van der Waals surface area contributed by atoms with Crippen LogP contribution in [0.15, 0.2) is 18.2 Å². The molecule has 0 aliphatic carbocycles. The van der Waals surface area contributed by atoms with Crippen molar-refractivity contribution < 1.29 is 14.2 Å². The smallest absolute Gasteiger partial charge is 0.165 e. The fourth-order valence-electron chi connectivity index (χ4n) is 1.43. The van der Waals surface area contributed by atoms with Crippen LogP contribution in [0.2, 0.25) is 0 Å². The van der Waals surface area contributed by atoms with Crippen LogP contribution in [0.25, 0.3) is 0 Å². The van der Waals surface area contributed by atoms with Gasteiger partial charge in [0.15, 0.2) is 11.6 Å². The van der Waals surface area contributed by atoms with Crippen LogP contribution < -0.4 is 4.74 Å². The first-order chi connectivity index (χ1) is 7.29. The van der Waals surface area contributed by atoms with Gasteiger partial charge in [-0.3, -0.25) is 0 Å². The molecule has 1 aromatic carbocycles. The van der Waals surface area contributed by atoms with E-state index in [1.54, 1.807) is 6.07 Å². The summed E-state index contributed by atoms with van der Waals surface area (Å²) in [7, 11) is 0. The summed E-state index contributed by atoms with van der Waals surface area (Å²) in [5.74, 6) is -0.0583. The minimum atomic E-state index is -0.350. The largest absolute Gasteiger partial charge is 0.488 e. The second-order valence-electron chi connectivity index (χ2n) is 3.40. The maximum Gasteiger partial charge on any atom is 0.165 e. The molecule has 0 heterocycles. The van der Waals surface area contributed by atoms with Crippen LogP contribution in [0.1, 0.15) is 25.3 Å². The van der Waals surface area contributed by atoms with Gasteiger partial charge in [0.2, 0.25) is 0 Å². The summed E-state index contributed by atoms with van der Waals surface area (Å²) in [4.78, 5) is 0. The van der Waals surface area contributed by atoms with Gasteiger partial charge in [-0.25, -0.2) is 4.39 Å². The molecule has 0 aliphatic rings. The van der Waals surface area contributed by atoms with E-state index in [9.17, 15) is 4.39 Å². The predicted octanol–water partition coefficient (Wildman–Crippen LogP) is 2.54. The molecule has 0 fully saturated rings. The van der Waals surface area contributed by atoms with Crippen LogP contribution >= 0.6 is 0 Å². The minimum absolute atomic E-state index is 0.0957. The van der Waals surface area contributed by atoms with Crippen molar-refractivity contribution >= 4 is 0 Å². The van der Waals surface area contributed by atoms with E-state index in [-0.39, 0.29) is 19.0 Å². The lowest BCUT2D eigenvalue weighted by Gasteiger charge is -2.11. The van der Waals surface area contributed by atoms with E-state index in [2.05, 4.69) is 6.92 Å². The maximum atomic E-state index is 13.4. The quantitative estimate of drug-likeness (QED) is 0.785. The molecule has 0 radical (unpaired) electrons. The number of benzene rings is 1.